The SMILES string of the molecule is CCOC(/C=C(C)/C=C/C=C(\C)CC/C=C(\C)CCC=C(C)C)OCC(C)C. The summed E-state index contributed by atoms with van der Waals surface area (Å²) in [5.41, 5.74) is 5.45. The molecule has 0 bridgehead atoms. The van der Waals surface area contributed by atoms with E-state index in [1.165, 1.54) is 16.7 Å². The molecular formula is C26H44O2. The smallest absolute Gasteiger partial charge is 0.177 e. The quantitative estimate of drug-likeness (QED) is 0.171. The molecule has 1 atom stereocenters. The lowest BCUT2D eigenvalue weighted by Gasteiger charge is -2.16. The first kappa shape index (κ1) is 26.6. The monoisotopic (exact) mass is 388 g/mol. The Morgan fingerprint density at radius 1 is 0.857 bits per heavy atom. The summed E-state index contributed by atoms with van der Waals surface area (Å²) in [6.45, 7) is 18.5. The third kappa shape index (κ3) is 16.8. The molecule has 0 radical (unpaired) electrons. The van der Waals surface area contributed by atoms with Crippen LogP contribution in [0.25, 0.3) is 0 Å². The van der Waals surface area contributed by atoms with Crippen LogP contribution in [0.5, 0.6) is 0 Å². The zero-order valence-corrected chi connectivity index (χ0v) is 19.7. The van der Waals surface area contributed by atoms with Crippen LogP contribution in [0.3, 0.4) is 0 Å². The van der Waals surface area contributed by atoms with Gasteiger partial charge in [0.25, 0.3) is 0 Å². The predicted molar refractivity (Wildman–Crippen MR) is 125 cm³/mol. The molecule has 0 fully saturated rings. The second-order valence-electron chi connectivity index (χ2n) is 8.24. The van der Waals surface area contributed by atoms with E-state index < -0.39 is 0 Å². The highest BCUT2D eigenvalue weighted by atomic mass is 16.7. The van der Waals surface area contributed by atoms with Crippen molar-refractivity contribution in [1.82, 2.24) is 0 Å². The summed E-state index contributed by atoms with van der Waals surface area (Å²) in [7, 11) is 0. The zero-order chi connectivity index (χ0) is 21.4. The average Bonchev–Trinajstić information content (AvgIpc) is 2.59. The second kappa shape index (κ2) is 16.6. The fourth-order valence-electron chi connectivity index (χ4n) is 2.55. The maximum Gasteiger partial charge on any atom is 0.177 e. The Balaban J connectivity index is 4.46. The van der Waals surface area contributed by atoms with Gasteiger partial charge in [0.05, 0.1) is 6.61 Å². The molecule has 0 saturated carbocycles. The Morgan fingerprint density at radius 3 is 2.11 bits per heavy atom. The van der Waals surface area contributed by atoms with E-state index in [4.69, 9.17) is 9.47 Å². The lowest BCUT2D eigenvalue weighted by molar-refractivity contribution is -0.114. The Hall–Kier alpha value is -1.38. The van der Waals surface area contributed by atoms with Crippen LogP contribution >= 0.6 is 0 Å². The molecule has 0 aromatic rings. The van der Waals surface area contributed by atoms with Crippen LogP contribution in [-0.4, -0.2) is 19.5 Å². The molecule has 1 unspecified atom stereocenters. The Bertz CT molecular complexity index is 555. The molecule has 0 aliphatic rings. The minimum Gasteiger partial charge on any atom is -0.349 e. The van der Waals surface area contributed by atoms with E-state index in [2.05, 4.69) is 78.8 Å². The van der Waals surface area contributed by atoms with Gasteiger partial charge >= 0.3 is 0 Å². The fourth-order valence-corrected chi connectivity index (χ4v) is 2.55. The highest BCUT2D eigenvalue weighted by Crippen LogP contribution is 2.12. The summed E-state index contributed by atoms with van der Waals surface area (Å²) >= 11 is 0. The molecule has 0 saturated heterocycles. The molecule has 0 N–H and O–H groups in total. The van der Waals surface area contributed by atoms with Gasteiger partial charge in [-0.15, -0.1) is 0 Å². The standard InChI is InChI=1S/C26H44O2/c1-9-27-26(28-20-22(4)5)19-25(8)18-12-17-24(7)16-11-15-23(6)14-10-13-21(2)3/h12-13,15,17-19,22,26H,9-11,14,16,20H2,1-8H3/b18-12+,23-15+,24-17+,25-19+. The summed E-state index contributed by atoms with van der Waals surface area (Å²) in [6.07, 6.45) is 17.5. The van der Waals surface area contributed by atoms with Crippen molar-refractivity contribution in [2.45, 2.75) is 87.4 Å². The molecule has 0 spiro atoms. The molecule has 0 aromatic carbocycles. The Labute approximate surface area is 175 Å². The summed E-state index contributed by atoms with van der Waals surface area (Å²) in [5, 5.41) is 0. The molecule has 2 heteroatoms. The molecule has 0 rings (SSSR count). The lowest BCUT2D eigenvalue weighted by Crippen LogP contribution is -2.17. The van der Waals surface area contributed by atoms with E-state index >= 15 is 0 Å². The van der Waals surface area contributed by atoms with Crippen molar-refractivity contribution in [2.24, 2.45) is 5.92 Å². The van der Waals surface area contributed by atoms with Crippen LogP contribution in [0.2, 0.25) is 0 Å². The van der Waals surface area contributed by atoms with Crippen LogP contribution in [0, 0.1) is 5.92 Å². The van der Waals surface area contributed by atoms with E-state index in [0.717, 1.165) is 31.3 Å². The van der Waals surface area contributed by atoms with Gasteiger partial charge < -0.3 is 9.47 Å². The largest absolute Gasteiger partial charge is 0.349 e. The Kier molecular flexibility index (Phi) is 15.7. The molecule has 0 aromatic heterocycles. The first-order chi connectivity index (χ1) is 13.2. The van der Waals surface area contributed by atoms with Crippen molar-refractivity contribution in [2.75, 3.05) is 13.2 Å². The van der Waals surface area contributed by atoms with Gasteiger partial charge in [0.2, 0.25) is 0 Å². The normalized spacial score (nSPS) is 14.8. The van der Waals surface area contributed by atoms with Crippen molar-refractivity contribution in [1.29, 1.82) is 0 Å². The molecule has 0 aliphatic heterocycles. The first-order valence-corrected chi connectivity index (χ1v) is 10.8. The number of rotatable bonds is 14. The van der Waals surface area contributed by atoms with Crippen LogP contribution in [-0.2, 0) is 9.47 Å². The first-order valence-electron chi connectivity index (χ1n) is 10.8. The fraction of sp³-hybridized carbons (Fsp3) is 0.615. The van der Waals surface area contributed by atoms with E-state index in [0.29, 0.717) is 19.1 Å². The molecule has 28 heavy (non-hydrogen) atoms. The molecule has 0 aliphatic carbocycles. The minimum atomic E-state index is -0.262. The van der Waals surface area contributed by atoms with Crippen LogP contribution < -0.4 is 0 Å². The zero-order valence-electron chi connectivity index (χ0n) is 19.7. The topological polar surface area (TPSA) is 18.5 Å². The van der Waals surface area contributed by atoms with Gasteiger partial charge in [-0.3, -0.25) is 0 Å². The Morgan fingerprint density at radius 2 is 1.50 bits per heavy atom. The maximum atomic E-state index is 5.80. The van der Waals surface area contributed by atoms with Crippen LogP contribution in [0.15, 0.2) is 58.7 Å². The van der Waals surface area contributed by atoms with Gasteiger partial charge in [0.15, 0.2) is 6.29 Å². The summed E-state index contributed by atoms with van der Waals surface area (Å²) in [4.78, 5) is 0. The molecule has 0 amide bonds. The highest BCUT2D eigenvalue weighted by molar-refractivity contribution is 5.22. The van der Waals surface area contributed by atoms with E-state index in [-0.39, 0.29) is 6.29 Å². The second-order valence-corrected chi connectivity index (χ2v) is 8.24. The summed E-state index contributed by atoms with van der Waals surface area (Å²) in [6, 6.07) is 0. The third-order valence-corrected chi connectivity index (χ3v) is 4.19. The predicted octanol–water partition coefficient (Wildman–Crippen LogP) is 7.94. The average molecular weight is 389 g/mol. The van der Waals surface area contributed by atoms with E-state index in [1.807, 2.05) is 13.0 Å². The number of ether oxygens (including phenoxy) is 2. The van der Waals surface area contributed by atoms with E-state index in [9.17, 15) is 0 Å². The molecule has 0 heterocycles. The van der Waals surface area contributed by atoms with Gasteiger partial charge in [-0.1, -0.05) is 66.5 Å². The van der Waals surface area contributed by atoms with Gasteiger partial charge in [0, 0.05) is 6.61 Å². The van der Waals surface area contributed by atoms with Crippen molar-refractivity contribution >= 4 is 0 Å². The van der Waals surface area contributed by atoms with Gasteiger partial charge in [-0.05, 0) is 79.2 Å². The van der Waals surface area contributed by atoms with Gasteiger partial charge in [-0.25, -0.2) is 0 Å². The summed E-state index contributed by atoms with van der Waals surface area (Å²) < 4.78 is 11.4. The number of allylic oxidation sites excluding steroid dienone is 9. The lowest BCUT2D eigenvalue weighted by atomic mass is 10.1. The molecule has 2 nitrogen and oxygen atoms in total. The van der Waals surface area contributed by atoms with Crippen molar-refractivity contribution in [3.8, 4) is 0 Å². The van der Waals surface area contributed by atoms with Crippen molar-refractivity contribution in [3.63, 3.8) is 0 Å². The summed E-state index contributed by atoms with van der Waals surface area (Å²) in [5.74, 6) is 0.502. The number of hydrogen-bond acceptors (Lipinski definition) is 2. The van der Waals surface area contributed by atoms with Crippen molar-refractivity contribution in [3.05, 3.63) is 58.7 Å². The molecule has 160 valence electrons. The van der Waals surface area contributed by atoms with Crippen molar-refractivity contribution < 1.29 is 9.47 Å². The van der Waals surface area contributed by atoms with Gasteiger partial charge in [-0.2, -0.15) is 0 Å². The third-order valence-electron chi connectivity index (χ3n) is 4.19. The maximum absolute atomic E-state index is 5.80. The van der Waals surface area contributed by atoms with Crippen LogP contribution in [0.4, 0.5) is 0 Å². The van der Waals surface area contributed by atoms with Crippen LogP contribution in [0.1, 0.15) is 81.1 Å². The highest BCUT2D eigenvalue weighted by Gasteiger charge is 2.06. The van der Waals surface area contributed by atoms with Gasteiger partial charge in [0.1, 0.15) is 0 Å². The molecular weight excluding hydrogens is 344 g/mol. The number of hydrogen-bond donors (Lipinski definition) is 0. The van der Waals surface area contributed by atoms with E-state index in [1.54, 1.807) is 0 Å². The minimum absolute atomic E-state index is 0.262.